The fraction of sp³-hybridized carbons (Fsp3) is 0.0357. The van der Waals surface area contributed by atoms with Gasteiger partial charge in [0.25, 0.3) is 36.3 Å². The Morgan fingerprint density at radius 1 is 0.735 bits per heavy atom. The fourth-order valence-electron chi connectivity index (χ4n) is 4.80. The maximum absolute atomic E-state index is 13.0. The van der Waals surface area contributed by atoms with E-state index in [4.69, 9.17) is 5.73 Å². The number of hydrogen-bond donors (Lipinski definition) is 6. The molecule has 5 aromatic rings. The van der Waals surface area contributed by atoms with Crippen LogP contribution in [0.1, 0.15) is 15.9 Å². The van der Waals surface area contributed by atoms with Crippen molar-refractivity contribution in [2.75, 3.05) is 5.32 Å². The van der Waals surface area contributed by atoms with Gasteiger partial charge in [-0.2, -0.15) is 25.3 Å². The van der Waals surface area contributed by atoms with E-state index in [1.807, 2.05) is 0 Å². The summed E-state index contributed by atoms with van der Waals surface area (Å²) in [5, 5.41) is 20.8. The second kappa shape index (κ2) is 16.7. The Labute approximate surface area is 346 Å². The Morgan fingerprint density at radius 2 is 1.39 bits per heavy atom. The first kappa shape index (κ1) is 43.3. The third kappa shape index (κ3) is 9.35. The summed E-state index contributed by atoms with van der Waals surface area (Å²) in [6, 6.07) is 16.9. The van der Waals surface area contributed by atoms with E-state index < -0.39 is 73.8 Å². The van der Waals surface area contributed by atoms with E-state index in [0.717, 1.165) is 18.2 Å². The molecule has 15 nitrogen and oxygen atoms in total. The van der Waals surface area contributed by atoms with E-state index in [9.17, 15) is 48.8 Å². The fourth-order valence-corrected chi connectivity index (χ4v) is 6.83. The number of nitrogens with zero attached hydrogens (tertiary/aromatic N) is 2. The van der Waals surface area contributed by atoms with Crippen LogP contribution in [0.15, 0.2) is 104 Å². The maximum Gasteiger partial charge on any atom is 0.297 e. The van der Waals surface area contributed by atoms with Crippen LogP contribution in [0.4, 0.5) is 17.1 Å². The van der Waals surface area contributed by atoms with E-state index >= 15 is 0 Å². The van der Waals surface area contributed by atoms with Crippen molar-refractivity contribution in [3.05, 3.63) is 90.0 Å². The zero-order valence-electron chi connectivity index (χ0n) is 26.1. The third-order valence-electron chi connectivity index (χ3n) is 6.80. The van der Waals surface area contributed by atoms with Crippen LogP contribution in [0.3, 0.4) is 0 Å². The number of hydrogen-bond acceptors (Lipinski definition) is 11. The van der Waals surface area contributed by atoms with Gasteiger partial charge in [-0.3, -0.25) is 18.5 Å². The van der Waals surface area contributed by atoms with Crippen LogP contribution in [0.2, 0.25) is 0 Å². The summed E-state index contributed by atoms with van der Waals surface area (Å²) in [5.74, 6) is -1.83. The molecule has 0 unspecified atom stereocenters. The summed E-state index contributed by atoms with van der Waals surface area (Å²) in [5.41, 5.74) is 4.51. The predicted octanol–water partition coefficient (Wildman–Crippen LogP) is 3.42. The Hall–Kier alpha value is -1.82. The minimum absolute atomic E-state index is 0. The molecule has 0 atom stereocenters. The van der Waals surface area contributed by atoms with Crippen LogP contribution >= 0.6 is 0 Å². The molecule has 5 aromatic carbocycles. The van der Waals surface area contributed by atoms with Crippen molar-refractivity contribution < 1.29 is 48.8 Å². The summed E-state index contributed by atoms with van der Waals surface area (Å²) in [4.78, 5) is 10.3. The Balaban J connectivity index is 0.00000278. The van der Waals surface area contributed by atoms with Gasteiger partial charge in [-0.25, -0.2) is 0 Å². The molecule has 0 bridgehead atoms. The Kier molecular flexibility index (Phi) is 14.8. The summed E-state index contributed by atoms with van der Waals surface area (Å²) < 4.78 is 104. The summed E-state index contributed by atoms with van der Waals surface area (Å²) >= 11 is 0. The van der Waals surface area contributed by atoms with Gasteiger partial charge in [0.15, 0.2) is 5.75 Å². The molecule has 1 amide bonds. The molecule has 0 aliphatic rings. The molecule has 0 heterocycles. The van der Waals surface area contributed by atoms with Crippen LogP contribution < -0.4 is 11.1 Å². The number of nitrogens with one attached hydrogen (secondary N) is 1. The van der Waals surface area contributed by atoms with E-state index in [0.29, 0.717) is 17.0 Å². The molecule has 7 N–H and O–H groups in total. The summed E-state index contributed by atoms with van der Waals surface area (Å²) in [6.45, 7) is 0.0221. The number of phenols is 1. The van der Waals surface area contributed by atoms with Crippen molar-refractivity contribution in [1.29, 1.82) is 0 Å². The average molecular weight is 756 g/mol. The molecule has 3 radical (unpaired) electrons. The molecule has 0 fully saturated rings. The van der Waals surface area contributed by atoms with Gasteiger partial charge < -0.3 is 16.2 Å². The summed E-state index contributed by atoms with van der Waals surface area (Å²) in [6.07, 6.45) is 0. The first-order valence-corrected chi connectivity index (χ1v) is 17.1. The molecule has 0 saturated carbocycles. The maximum atomic E-state index is 13.0. The number of carbonyl (C=O) groups excluding carboxylic acids is 1. The van der Waals surface area contributed by atoms with Gasteiger partial charge in [0.05, 0.1) is 10.6 Å². The molecule has 0 aliphatic heterocycles. The van der Waals surface area contributed by atoms with Crippen molar-refractivity contribution in [1.82, 2.24) is 0 Å². The molecule has 0 spiro atoms. The smallest absolute Gasteiger partial charge is 0.297 e. The zero-order chi connectivity index (χ0) is 33.6. The molecule has 0 aliphatic carbocycles. The summed E-state index contributed by atoms with van der Waals surface area (Å²) in [7, 11) is -15.2. The van der Waals surface area contributed by atoms with Crippen LogP contribution in [0.25, 0.3) is 21.5 Å². The molecule has 49 heavy (non-hydrogen) atoms. The number of nitrogens with two attached hydrogens (primary N) is 1. The molecule has 0 saturated heterocycles. The number of anilines is 1. The van der Waals surface area contributed by atoms with Crippen LogP contribution in [-0.2, 0) is 36.9 Å². The average Bonchev–Trinajstić information content (AvgIpc) is 2.98. The van der Waals surface area contributed by atoms with Crippen molar-refractivity contribution in [2.45, 2.75) is 21.2 Å². The first-order valence-electron chi connectivity index (χ1n) is 12.8. The molecular weight excluding hydrogens is 733 g/mol. The zero-order valence-corrected chi connectivity index (χ0v) is 34.5. The second-order valence-electron chi connectivity index (χ2n) is 9.72. The number of phenolic OH excluding ortho intramolecular Hbond substituents is 1. The van der Waals surface area contributed by atoms with Gasteiger partial charge in [0, 0.05) is 112 Å². The predicted molar refractivity (Wildman–Crippen MR) is 183 cm³/mol. The van der Waals surface area contributed by atoms with Crippen LogP contribution in [0, 0.1) is 0 Å². The molecule has 21 heteroatoms. The van der Waals surface area contributed by atoms with E-state index in [1.54, 1.807) is 24.3 Å². The molecular formula is C28H22N4Na3O11S3. The number of carbonyl (C=O) groups is 1. The number of amides is 1. The number of azo groups is 1. The minimum Gasteiger partial charge on any atom is -0.505 e. The largest absolute Gasteiger partial charge is 0.505 e. The van der Waals surface area contributed by atoms with Crippen LogP contribution in [0.5, 0.6) is 5.75 Å². The first-order chi connectivity index (χ1) is 21.5. The minimum atomic E-state index is -5.26. The van der Waals surface area contributed by atoms with E-state index in [-0.39, 0.29) is 117 Å². The number of fused-ring (bicyclic) bond motifs is 2. The van der Waals surface area contributed by atoms with Gasteiger partial charge in [0.1, 0.15) is 21.2 Å². The second-order valence-corrected chi connectivity index (χ2v) is 13.9. The Bertz CT molecular complexity index is 2450. The topological polar surface area (TPSA) is 263 Å². The van der Waals surface area contributed by atoms with Crippen molar-refractivity contribution in [3.8, 4) is 5.75 Å². The van der Waals surface area contributed by atoms with Gasteiger partial charge >= 0.3 is 0 Å². The van der Waals surface area contributed by atoms with Gasteiger partial charge in [-0.15, -0.1) is 10.2 Å². The molecule has 241 valence electrons. The van der Waals surface area contributed by atoms with E-state index in [2.05, 4.69) is 15.5 Å². The number of aromatic hydroxyl groups is 1. The monoisotopic (exact) mass is 755 g/mol. The standard InChI is InChI=1S/C28H22N4O11S3.3Na/c29-14-16-7-4-8-20-19(16)9-10-21(27(20)46(41,42)43)31-32-25-23(45(38,39)40)12-17-11-18(44(35,36)37)13-22(24(17)26(25)33)30-28(34)15-5-2-1-3-6-15;;;/h1-13,33H,14,29H2,(H,30,34)(H,35,36,37)(H,38,39,40)(H,41,42,43);;;. The van der Waals surface area contributed by atoms with Gasteiger partial charge in [-0.1, -0.05) is 42.5 Å². The normalized spacial score (nSPS) is 11.8. The van der Waals surface area contributed by atoms with E-state index in [1.165, 1.54) is 30.3 Å². The number of benzene rings is 5. The Morgan fingerprint density at radius 3 is 1.96 bits per heavy atom. The molecule has 0 aromatic heterocycles. The van der Waals surface area contributed by atoms with Crippen molar-refractivity contribution in [3.63, 3.8) is 0 Å². The SMILES string of the molecule is NCc1cccc2c(S(=O)(=O)O)c(N=Nc3c(S(=O)(=O)O)cc4cc(S(=O)(=O)O)cc(NC(=O)c5ccccc5)c4c3O)ccc12.[Na].[Na].[Na]. The third-order valence-corrected chi connectivity index (χ3v) is 9.44. The molecule has 5 rings (SSSR count). The van der Waals surface area contributed by atoms with Gasteiger partial charge in [-0.05, 0) is 52.7 Å². The van der Waals surface area contributed by atoms with Gasteiger partial charge in [0.2, 0.25) is 0 Å². The van der Waals surface area contributed by atoms with Crippen molar-refractivity contribution in [2.24, 2.45) is 16.0 Å². The number of rotatable bonds is 8. The van der Waals surface area contributed by atoms with Crippen LogP contribution in [-0.4, -0.2) is 139 Å². The quantitative estimate of drug-likeness (QED) is 0.0756. The van der Waals surface area contributed by atoms with Crippen molar-refractivity contribution >= 4 is 164 Å².